The van der Waals surface area contributed by atoms with Gasteiger partial charge in [-0.2, -0.15) is 21.9 Å². The van der Waals surface area contributed by atoms with E-state index in [2.05, 4.69) is 45.2 Å². The van der Waals surface area contributed by atoms with Crippen molar-refractivity contribution in [3.05, 3.63) is 70.4 Å². The molecule has 0 spiro atoms. The summed E-state index contributed by atoms with van der Waals surface area (Å²) in [4.78, 5) is 2.38. The third kappa shape index (κ3) is 2.65. The summed E-state index contributed by atoms with van der Waals surface area (Å²) in [6, 6.07) is 20.6. The predicted molar refractivity (Wildman–Crippen MR) is 139 cm³/mol. The molecule has 0 aliphatic carbocycles. The van der Waals surface area contributed by atoms with Crippen LogP contribution in [-0.2, 0) is 0 Å². The first-order valence-corrected chi connectivity index (χ1v) is 12.8. The normalized spacial score (nSPS) is 11.6. The molecule has 0 unspecified atom stereocenters. The summed E-state index contributed by atoms with van der Waals surface area (Å²) in [6.45, 7) is 0. The summed E-state index contributed by atoms with van der Waals surface area (Å²) in [6.07, 6.45) is 0. The Hall–Kier alpha value is -3.88. The second-order valence-electron chi connectivity index (χ2n) is 7.90. The molecule has 154 valence electrons. The minimum absolute atomic E-state index is 0.684. The van der Waals surface area contributed by atoms with E-state index in [4.69, 9.17) is 0 Å². The molecule has 0 aliphatic heterocycles. The minimum atomic E-state index is 0.684. The average molecular weight is 477 g/mol. The molecule has 0 amide bonds. The van der Waals surface area contributed by atoms with Gasteiger partial charge in [-0.3, -0.25) is 10.2 Å². The van der Waals surface area contributed by atoms with Crippen LogP contribution in [0.5, 0.6) is 0 Å². The van der Waals surface area contributed by atoms with Crippen molar-refractivity contribution in [2.45, 2.75) is 0 Å². The Morgan fingerprint density at radius 1 is 0.636 bits per heavy atom. The molecule has 2 N–H and O–H groups in total. The number of fused-ring (bicyclic) bond motifs is 4. The number of nitrogens with one attached hydrogen (secondary N) is 2. The Bertz CT molecular complexity index is 1820. The Kier molecular flexibility index (Phi) is 3.85. The Morgan fingerprint density at radius 2 is 1.12 bits per heavy atom. The highest BCUT2D eigenvalue weighted by molar-refractivity contribution is 7.23. The zero-order valence-electron chi connectivity index (χ0n) is 16.9. The molecular formula is C26H12N4S3. The van der Waals surface area contributed by atoms with Gasteiger partial charge in [0.1, 0.15) is 0 Å². The van der Waals surface area contributed by atoms with Gasteiger partial charge in [0.05, 0.1) is 34.3 Å². The number of hydrogen-bond acceptors (Lipinski definition) is 5. The monoisotopic (exact) mass is 476 g/mol. The van der Waals surface area contributed by atoms with E-state index in [9.17, 15) is 10.5 Å². The first-order valence-electron chi connectivity index (χ1n) is 10.2. The van der Waals surface area contributed by atoms with E-state index in [0.717, 1.165) is 31.2 Å². The molecule has 0 radical (unpaired) electrons. The first-order chi connectivity index (χ1) is 16.2. The van der Waals surface area contributed by atoms with Gasteiger partial charge in [-0.15, -0.1) is 22.7 Å². The van der Waals surface area contributed by atoms with E-state index in [0.29, 0.717) is 11.1 Å². The zero-order chi connectivity index (χ0) is 22.1. The molecule has 7 aromatic rings. The number of benzene rings is 3. The third-order valence-corrected chi connectivity index (χ3v) is 9.03. The van der Waals surface area contributed by atoms with E-state index in [1.54, 1.807) is 34.0 Å². The lowest BCUT2D eigenvalue weighted by molar-refractivity contribution is 1.07. The number of aromatic amines is 2. The number of rotatable bonds is 2. The second kappa shape index (κ2) is 6.81. The maximum atomic E-state index is 9.27. The minimum Gasteiger partial charge on any atom is -0.298 e. The van der Waals surface area contributed by atoms with Crippen LogP contribution in [0.3, 0.4) is 0 Å². The maximum absolute atomic E-state index is 9.27. The molecule has 7 rings (SSSR count). The smallest absolute Gasteiger partial charge is 0.0992 e. The van der Waals surface area contributed by atoms with Gasteiger partial charge in [0.25, 0.3) is 0 Å². The van der Waals surface area contributed by atoms with Crippen molar-refractivity contribution < 1.29 is 0 Å². The van der Waals surface area contributed by atoms with Crippen LogP contribution >= 0.6 is 34.0 Å². The number of H-pyrrole nitrogens is 2. The lowest BCUT2D eigenvalue weighted by atomic mass is 9.97. The van der Waals surface area contributed by atoms with Crippen molar-refractivity contribution in [3.63, 3.8) is 0 Å². The van der Waals surface area contributed by atoms with Gasteiger partial charge < -0.3 is 0 Å². The SMILES string of the molecule is N#Cc1ccc2cc(-c3c4cscc4c(-c4cc5ccc(C#N)cc5s4)c4[nH][nH]c34)sc2c1. The van der Waals surface area contributed by atoms with Gasteiger partial charge in [-0.1, -0.05) is 12.1 Å². The highest BCUT2D eigenvalue weighted by Gasteiger charge is 2.22. The molecule has 7 heteroatoms. The first kappa shape index (κ1) is 18.7. The Morgan fingerprint density at radius 3 is 1.55 bits per heavy atom. The van der Waals surface area contributed by atoms with Crippen molar-refractivity contribution in [1.82, 2.24) is 10.2 Å². The van der Waals surface area contributed by atoms with E-state index in [-0.39, 0.29) is 0 Å². The van der Waals surface area contributed by atoms with Crippen molar-refractivity contribution in [2.75, 3.05) is 0 Å². The molecule has 33 heavy (non-hydrogen) atoms. The number of aromatic nitrogens is 2. The molecule has 0 aliphatic rings. The Labute approximate surface area is 199 Å². The van der Waals surface area contributed by atoms with E-state index in [1.807, 2.05) is 36.4 Å². The fourth-order valence-corrected chi connectivity index (χ4v) is 7.64. The van der Waals surface area contributed by atoms with Gasteiger partial charge in [-0.05, 0) is 57.9 Å². The van der Waals surface area contributed by atoms with Gasteiger partial charge in [-0.25, -0.2) is 0 Å². The van der Waals surface area contributed by atoms with Crippen LogP contribution in [0.15, 0.2) is 59.3 Å². The number of nitrogens with zero attached hydrogens (tertiary/aromatic N) is 2. The maximum Gasteiger partial charge on any atom is 0.0992 e. The largest absolute Gasteiger partial charge is 0.298 e. The summed E-state index contributed by atoms with van der Waals surface area (Å²) in [5.41, 5.74) is 6.00. The second-order valence-corrected chi connectivity index (χ2v) is 10.8. The van der Waals surface area contributed by atoms with E-state index in [1.165, 1.54) is 31.7 Å². The number of thiophene rings is 3. The van der Waals surface area contributed by atoms with Gasteiger partial charge in [0.2, 0.25) is 0 Å². The standard InChI is InChI=1S/C26H12N4S3/c27-9-13-1-3-15-7-21(32-19(15)5-13)23-17-11-31-12-18(17)24(26-25(23)29-30-26)22-8-16-4-2-14(10-28)6-20(16)33-22/h1-8,11-12,29-30H. The van der Waals surface area contributed by atoms with Crippen LogP contribution in [0, 0.1) is 22.7 Å². The van der Waals surface area contributed by atoms with E-state index >= 15 is 0 Å². The topological polar surface area (TPSA) is 79.2 Å². The number of hydrogen-bond donors (Lipinski definition) is 2. The van der Waals surface area contributed by atoms with E-state index < -0.39 is 0 Å². The van der Waals surface area contributed by atoms with Crippen LogP contribution in [0.4, 0.5) is 0 Å². The van der Waals surface area contributed by atoms with Gasteiger partial charge in [0.15, 0.2) is 0 Å². The van der Waals surface area contributed by atoms with Crippen LogP contribution in [0.1, 0.15) is 11.1 Å². The van der Waals surface area contributed by atoms with Crippen molar-refractivity contribution in [1.29, 1.82) is 10.5 Å². The molecule has 4 nitrogen and oxygen atoms in total. The summed E-state index contributed by atoms with van der Waals surface area (Å²) in [5, 5.41) is 34.4. The van der Waals surface area contributed by atoms with Crippen LogP contribution < -0.4 is 0 Å². The molecule has 4 heterocycles. The highest BCUT2D eigenvalue weighted by atomic mass is 32.1. The fraction of sp³-hybridized carbons (Fsp3) is 0. The van der Waals surface area contributed by atoms with Gasteiger partial charge >= 0.3 is 0 Å². The molecule has 3 aromatic carbocycles. The molecule has 0 saturated carbocycles. The van der Waals surface area contributed by atoms with Crippen LogP contribution in [-0.4, -0.2) is 10.2 Å². The average Bonchev–Trinajstić information content (AvgIpc) is 3.56. The fourth-order valence-electron chi connectivity index (χ4n) is 4.48. The molecule has 0 saturated heterocycles. The zero-order valence-corrected chi connectivity index (χ0v) is 19.3. The third-order valence-electron chi connectivity index (χ3n) is 6.05. The predicted octanol–water partition coefficient (Wildman–Crippen LogP) is 8.22. The summed E-state index contributed by atoms with van der Waals surface area (Å²) < 4.78 is 2.24. The molecule has 4 aromatic heterocycles. The molecule has 0 fully saturated rings. The summed E-state index contributed by atoms with van der Waals surface area (Å²) in [7, 11) is 0. The number of nitriles is 2. The summed E-state index contributed by atoms with van der Waals surface area (Å²) in [5.74, 6) is 0. The Balaban J connectivity index is 1.49. The quantitative estimate of drug-likeness (QED) is 0.264. The van der Waals surface area contributed by atoms with Crippen molar-refractivity contribution in [2.24, 2.45) is 0 Å². The van der Waals surface area contributed by atoms with Gasteiger partial charge in [0, 0.05) is 41.1 Å². The molecule has 0 atom stereocenters. The molecule has 0 bridgehead atoms. The molecular weight excluding hydrogens is 465 g/mol. The highest BCUT2D eigenvalue weighted by Crippen LogP contribution is 2.48. The lowest BCUT2D eigenvalue weighted by Crippen LogP contribution is -1.97. The van der Waals surface area contributed by atoms with Crippen LogP contribution in [0.25, 0.3) is 62.9 Å². The lowest BCUT2D eigenvalue weighted by Gasteiger charge is -2.15. The van der Waals surface area contributed by atoms with Crippen molar-refractivity contribution >= 4 is 76.0 Å². The summed E-state index contributed by atoms with van der Waals surface area (Å²) >= 11 is 5.15. The van der Waals surface area contributed by atoms with Crippen molar-refractivity contribution in [3.8, 4) is 33.0 Å². The van der Waals surface area contributed by atoms with Crippen LogP contribution in [0.2, 0.25) is 0 Å².